The number of nitrogens with one attached hydrogen (secondary N) is 1. The largest absolute Gasteiger partial charge is 0.417 e. The minimum atomic E-state index is -4.76. The van der Waals surface area contributed by atoms with E-state index in [2.05, 4.69) is 15.6 Å². The maximum absolute atomic E-state index is 13.1. The molecule has 1 heterocycles. The normalized spacial score (nSPS) is 14.1. The summed E-state index contributed by atoms with van der Waals surface area (Å²) in [5.41, 5.74) is -2.86. The first kappa shape index (κ1) is 22.8. The minimum Gasteiger partial charge on any atom is -0.378 e. The van der Waals surface area contributed by atoms with Crippen LogP contribution in [-0.4, -0.2) is 31.6 Å². The Morgan fingerprint density at radius 3 is 2.53 bits per heavy atom. The number of hydrogen-bond acceptors (Lipinski definition) is 5. The van der Waals surface area contributed by atoms with E-state index in [1.165, 1.54) is 17.7 Å². The highest BCUT2D eigenvalue weighted by Crippen LogP contribution is 2.33. The van der Waals surface area contributed by atoms with E-state index in [-0.39, 0.29) is 12.2 Å². The van der Waals surface area contributed by atoms with E-state index in [0.717, 1.165) is 12.1 Å². The summed E-state index contributed by atoms with van der Waals surface area (Å²) >= 11 is 0. The lowest BCUT2D eigenvalue weighted by molar-refractivity contribution is -0.138. The number of hydrogen-bond donors (Lipinski definition) is 2. The van der Waals surface area contributed by atoms with Gasteiger partial charge < -0.3 is 10.4 Å². The molecule has 0 fully saturated rings. The molecule has 0 radical (unpaired) electrons. The van der Waals surface area contributed by atoms with Gasteiger partial charge in [-0.3, -0.25) is 4.79 Å². The van der Waals surface area contributed by atoms with Crippen molar-refractivity contribution in [3.8, 4) is 6.07 Å². The third-order valence-electron chi connectivity index (χ3n) is 4.10. The number of alkyl halides is 3. The van der Waals surface area contributed by atoms with Crippen LogP contribution in [0, 0.1) is 11.3 Å². The first-order valence-electron chi connectivity index (χ1n) is 8.87. The number of nitrogens with zero attached hydrogens (tertiary/aromatic N) is 4. The summed E-state index contributed by atoms with van der Waals surface area (Å²) in [5.74, 6) is -0.935. The van der Waals surface area contributed by atoms with Gasteiger partial charge in [-0.15, -0.1) is 5.10 Å². The highest BCUT2D eigenvalue weighted by Gasteiger charge is 2.35. The average Bonchev–Trinajstić information content (AvgIpc) is 3.02. The Balaban J connectivity index is 2.29. The Morgan fingerprint density at radius 2 is 1.97 bits per heavy atom. The minimum absolute atomic E-state index is 0.200. The number of carbonyl (C=O) groups is 1. The maximum Gasteiger partial charge on any atom is 0.417 e. The van der Waals surface area contributed by atoms with Gasteiger partial charge in [0.1, 0.15) is 5.69 Å². The predicted molar refractivity (Wildman–Crippen MR) is 105 cm³/mol. The zero-order valence-corrected chi connectivity index (χ0v) is 16.5. The van der Waals surface area contributed by atoms with Crippen LogP contribution in [0.1, 0.15) is 43.3 Å². The van der Waals surface area contributed by atoms with E-state index >= 15 is 0 Å². The van der Waals surface area contributed by atoms with E-state index in [0.29, 0.717) is 17.5 Å². The second-order valence-corrected chi connectivity index (χ2v) is 6.62. The van der Waals surface area contributed by atoms with Gasteiger partial charge in [-0.2, -0.15) is 18.4 Å². The lowest BCUT2D eigenvalue weighted by atomic mass is 10.0. The van der Waals surface area contributed by atoms with Crippen LogP contribution in [0.4, 0.5) is 18.9 Å². The summed E-state index contributed by atoms with van der Waals surface area (Å²) in [6, 6.07) is 4.23. The molecule has 1 aromatic carbocycles. The van der Waals surface area contributed by atoms with E-state index in [4.69, 9.17) is 5.26 Å². The van der Waals surface area contributed by atoms with Gasteiger partial charge in [0.05, 0.1) is 29.4 Å². The molecule has 0 aliphatic heterocycles. The molecule has 0 unspecified atom stereocenters. The van der Waals surface area contributed by atoms with Gasteiger partial charge in [-0.25, -0.2) is 4.68 Å². The number of rotatable bonds is 6. The fourth-order valence-corrected chi connectivity index (χ4v) is 2.64. The molecule has 0 saturated heterocycles. The van der Waals surface area contributed by atoms with Gasteiger partial charge in [-0.1, -0.05) is 17.4 Å². The Morgan fingerprint density at radius 1 is 1.30 bits per heavy atom. The van der Waals surface area contributed by atoms with Crippen LogP contribution in [0.25, 0.3) is 12.2 Å². The van der Waals surface area contributed by atoms with Crippen LogP contribution in [0.3, 0.4) is 0 Å². The molecule has 1 aromatic heterocycles. The monoisotopic (exact) mass is 419 g/mol. The molecule has 0 aliphatic carbocycles. The fourth-order valence-electron chi connectivity index (χ4n) is 2.64. The fraction of sp³-hybridized carbons (Fsp3) is 0.300. The van der Waals surface area contributed by atoms with Crippen LogP contribution in [0.5, 0.6) is 0 Å². The maximum atomic E-state index is 13.1. The smallest absolute Gasteiger partial charge is 0.378 e. The number of carbonyl (C=O) groups excluding carboxylic acids is 1. The molecule has 1 amide bonds. The summed E-state index contributed by atoms with van der Waals surface area (Å²) in [6.45, 7) is 4.51. The van der Waals surface area contributed by atoms with E-state index in [1.54, 1.807) is 38.2 Å². The summed E-state index contributed by atoms with van der Waals surface area (Å²) in [7, 11) is 0. The molecule has 0 aliphatic rings. The molecule has 2 N–H and O–H groups in total. The molecule has 0 saturated carbocycles. The van der Waals surface area contributed by atoms with E-state index in [1.807, 2.05) is 0 Å². The van der Waals surface area contributed by atoms with Gasteiger partial charge in [-0.05, 0) is 51.1 Å². The Kier molecular flexibility index (Phi) is 6.79. The standard InChI is InChI=1S/C20H20F3N5O2/c1-4-6-16-17(7-5-2)28(27-26-16)12-19(3,30)18(29)25-14-9-8-13(11-24)15(10-14)20(21,22)23/h4-10,30H,12H2,1-3H3,(H,25,29)/b6-4-,7-5-/t19-/m0/s1. The van der Waals surface area contributed by atoms with Gasteiger partial charge in [0.25, 0.3) is 5.91 Å². The first-order valence-corrected chi connectivity index (χ1v) is 8.87. The number of anilines is 1. The molecule has 0 spiro atoms. The number of aliphatic hydroxyl groups is 1. The zero-order valence-electron chi connectivity index (χ0n) is 16.5. The van der Waals surface area contributed by atoms with Crippen molar-refractivity contribution < 1.29 is 23.1 Å². The van der Waals surface area contributed by atoms with Crippen molar-refractivity contribution in [2.45, 2.75) is 39.1 Å². The molecule has 7 nitrogen and oxygen atoms in total. The second kappa shape index (κ2) is 8.92. The first-order chi connectivity index (χ1) is 14.0. The molecule has 2 aromatic rings. The molecular weight excluding hydrogens is 399 g/mol. The topological polar surface area (TPSA) is 104 Å². The van der Waals surface area contributed by atoms with Gasteiger partial charge >= 0.3 is 6.18 Å². The highest BCUT2D eigenvalue weighted by atomic mass is 19.4. The van der Waals surface area contributed by atoms with Gasteiger partial charge in [0.15, 0.2) is 5.60 Å². The number of amides is 1. The summed E-state index contributed by atoms with van der Waals surface area (Å²) in [6.07, 6.45) is 2.16. The van der Waals surface area contributed by atoms with Crippen molar-refractivity contribution in [2.75, 3.05) is 5.32 Å². The highest BCUT2D eigenvalue weighted by molar-refractivity contribution is 5.97. The number of allylic oxidation sites excluding steroid dienone is 2. The summed E-state index contributed by atoms with van der Waals surface area (Å²) in [4.78, 5) is 12.6. The SMILES string of the molecule is C/C=C\c1nnn(C[C@](C)(O)C(=O)Nc2ccc(C#N)c(C(F)(F)F)c2)c1/C=C\C. The quantitative estimate of drug-likeness (QED) is 0.744. The van der Waals surface area contributed by atoms with Crippen LogP contribution >= 0.6 is 0 Å². The van der Waals surface area contributed by atoms with Crippen molar-refractivity contribution >= 4 is 23.7 Å². The van der Waals surface area contributed by atoms with Crippen LogP contribution < -0.4 is 5.32 Å². The van der Waals surface area contributed by atoms with Crippen molar-refractivity contribution in [3.05, 3.63) is 52.9 Å². The zero-order chi connectivity index (χ0) is 22.5. The lowest BCUT2D eigenvalue weighted by Gasteiger charge is -2.23. The molecule has 0 bridgehead atoms. The number of halogens is 3. The van der Waals surface area contributed by atoms with Crippen molar-refractivity contribution in [3.63, 3.8) is 0 Å². The van der Waals surface area contributed by atoms with Crippen LogP contribution in [0.15, 0.2) is 30.4 Å². The van der Waals surface area contributed by atoms with Crippen LogP contribution in [-0.2, 0) is 17.5 Å². The number of nitriles is 1. The average molecular weight is 419 g/mol. The molecule has 30 heavy (non-hydrogen) atoms. The number of benzene rings is 1. The molecular formula is C20H20F3N5O2. The Bertz CT molecular complexity index is 1030. The third-order valence-corrected chi connectivity index (χ3v) is 4.10. The van der Waals surface area contributed by atoms with E-state index in [9.17, 15) is 23.1 Å². The second-order valence-electron chi connectivity index (χ2n) is 6.62. The van der Waals surface area contributed by atoms with Crippen molar-refractivity contribution in [1.29, 1.82) is 5.26 Å². The van der Waals surface area contributed by atoms with Gasteiger partial charge in [0.2, 0.25) is 0 Å². The Labute approximate surface area is 171 Å². The molecule has 2 rings (SSSR count). The number of aromatic nitrogens is 3. The summed E-state index contributed by atoms with van der Waals surface area (Å²) < 4.78 is 40.7. The van der Waals surface area contributed by atoms with Gasteiger partial charge in [0, 0.05) is 5.69 Å². The van der Waals surface area contributed by atoms with Crippen molar-refractivity contribution in [1.82, 2.24) is 15.0 Å². The molecule has 10 heteroatoms. The van der Waals surface area contributed by atoms with Crippen LogP contribution in [0.2, 0.25) is 0 Å². The molecule has 1 atom stereocenters. The Hall–Kier alpha value is -3.45. The van der Waals surface area contributed by atoms with Crippen molar-refractivity contribution in [2.24, 2.45) is 0 Å². The molecule has 158 valence electrons. The summed E-state index contributed by atoms with van der Waals surface area (Å²) in [5, 5.41) is 29.7. The van der Waals surface area contributed by atoms with E-state index < -0.39 is 28.8 Å². The lowest BCUT2D eigenvalue weighted by Crippen LogP contribution is -2.44. The third kappa shape index (κ3) is 5.12. The predicted octanol–water partition coefficient (Wildman–Crippen LogP) is 3.62.